The third-order valence-electron chi connectivity index (χ3n) is 3.93. The molecule has 0 saturated heterocycles. The van der Waals surface area contributed by atoms with E-state index < -0.39 is 47.7 Å². The number of carboxylic acid groups (broad SMARTS) is 1. The van der Waals surface area contributed by atoms with E-state index in [0.29, 0.717) is 5.69 Å². The van der Waals surface area contributed by atoms with E-state index in [9.17, 15) is 24.0 Å². The zero-order valence-corrected chi connectivity index (χ0v) is 16.9. The second-order valence-corrected chi connectivity index (χ2v) is 6.62. The molecule has 166 valence electrons. The van der Waals surface area contributed by atoms with Crippen LogP contribution in [0, 0.1) is 0 Å². The zero-order valence-electron chi connectivity index (χ0n) is 16.0. The summed E-state index contributed by atoms with van der Waals surface area (Å²) < 4.78 is 0. The molecule has 0 saturated carbocycles. The lowest BCUT2D eigenvalue weighted by molar-refractivity contribution is -0.141. The highest BCUT2D eigenvalue weighted by molar-refractivity contribution is 7.80. The van der Waals surface area contributed by atoms with Crippen molar-refractivity contribution in [1.82, 2.24) is 25.9 Å². The number of primary amides is 1. The van der Waals surface area contributed by atoms with E-state index in [1.165, 1.54) is 12.5 Å². The summed E-state index contributed by atoms with van der Waals surface area (Å²) in [5, 5.41) is 16.1. The molecular weight excluding hydrogens is 418 g/mol. The number of amides is 4. The normalized spacial score (nSPS) is 13.5. The van der Waals surface area contributed by atoms with E-state index >= 15 is 0 Å². The number of nitrogens with one attached hydrogen (secondary N) is 4. The summed E-state index contributed by atoms with van der Waals surface area (Å²) in [5.74, 6) is -4.40. The fourth-order valence-electron chi connectivity index (χ4n) is 2.36. The molecule has 0 aliphatic carbocycles. The molecule has 0 radical (unpaired) electrons. The Hall–Kier alpha value is -3.13. The second-order valence-electron chi connectivity index (χ2n) is 6.25. The molecule has 14 heteroatoms. The van der Waals surface area contributed by atoms with Crippen LogP contribution in [-0.4, -0.2) is 75.1 Å². The van der Waals surface area contributed by atoms with Crippen molar-refractivity contribution in [3.8, 4) is 0 Å². The molecule has 0 aliphatic heterocycles. The molecule has 1 aromatic rings. The Morgan fingerprint density at radius 3 is 2.23 bits per heavy atom. The van der Waals surface area contributed by atoms with Gasteiger partial charge in [0.2, 0.25) is 23.6 Å². The lowest BCUT2D eigenvalue weighted by atomic mass is 10.1. The van der Waals surface area contributed by atoms with Crippen LogP contribution in [0.4, 0.5) is 0 Å². The minimum atomic E-state index is -1.31. The van der Waals surface area contributed by atoms with Gasteiger partial charge >= 0.3 is 5.97 Å². The molecule has 30 heavy (non-hydrogen) atoms. The van der Waals surface area contributed by atoms with E-state index in [4.69, 9.17) is 16.6 Å². The number of aromatic amines is 1. The highest BCUT2D eigenvalue weighted by atomic mass is 32.1. The number of H-pyrrole nitrogens is 1. The van der Waals surface area contributed by atoms with Crippen molar-refractivity contribution in [3.05, 3.63) is 18.2 Å². The van der Waals surface area contributed by atoms with Crippen molar-refractivity contribution in [2.45, 2.75) is 37.4 Å². The molecular formula is C16H25N7O6S. The van der Waals surface area contributed by atoms with E-state index in [0.717, 1.165) is 0 Å². The van der Waals surface area contributed by atoms with Crippen molar-refractivity contribution in [2.24, 2.45) is 11.5 Å². The summed E-state index contributed by atoms with van der Waals surface area (Å²) in [6.07, 6.45) is 2.46. The summed E-state index contributed by atoms with van der Waals surface area (Å²) in [5.41, 5.74) is 10.9. The molecule has 1 rings (SSSR count). The average Bonchev–Trinajstić information content (AvgIpc) is 3.20. The lowest BCUT2D eigenvalue weighted by Gasteiger charge is -2.23. The van der Waals surface area contributed by atoms with Crippen LogP contribution in [0.15, 0.2) is 12.5 Å². The second kappa shape index (κ2) is 12.4. The minimum Gasteiger partial charge on any atom is -0.480 e. The molecule has 0 bridgehead atoms. The first-order valence-electron chi connectivity index (χ1n) is 8.87. The van der Waals surface area contributed by atoms with Crippen molar-refractivity contribution >= 4 is 42.2 Å². The van der Waals surface area contributed by atoms with Crippen molar-refractivity contribution in [1.29, 1.82) is 0 Å². The van der Waals surface area contributed by atoms with Gasteiger partial charge in [0.25, 0.3) is 0 Å². The van der Waals surface area contributed by atoms with E-state index in [1.54, 1.807) is 0 Å². The Bertz CT molecular complexity index is 757. The number of carbonyl (C=O) groups is 5. The van der Waals surface area contributed by atoms with Gasteiger partial charge in [0.05, 0.1) is 12.9 Å². The standard InChI is InChI=1S/C16H25N7O6S/c17-4-13(25)21-10(3-8-5-19-7-20-8)15(27)22-9(1-2-12(18)24)14(26)23-11(6-30)16(28)29/h5,7,9-11,30H,1-4,6,17H2,(H2,18,24)(H,19,20)(H,21,25)(H,22,27)(H,23,26)(H,28,29). The van der Waals surface area contributed by atoms with Crippen LogP contribution in [0.5, 0.6) is 0 Å². The number of imidazole rings is 1. The van der Waals surface area contributed by atoms with Gasteiger partial charge in [-0.3, -0.25) is 19.2 Å². The fraction of sp³-hybridized carbons (Fsp3) is 0.500. The average molecular weight is 443 g/mol. The van der Waals surface area contributed by atoms with Crippen LogP contribution in [-0.2, 0) is 30.4 Å². The van der Waals surface area contributed by atoms with Crippen LogP contribution in [0.2, 0.25) is 0 Å². The van der Waals surface area contributed by atoms with E-state index in [2.05, 4.69) is 38.5 Å². The SMILES string of the molecule is NCC(=O)NC(Cc1cnc[nH]1)C(=O)NC(CCC(N)=O)C(=O)NC(CS)C(=O)O. The number of carbonyl (C=O) groups excluding carboxylic acids is 4. The summed E-state index contributed by atoms with van der Waals surface area (Å²) in [6, 6.07) is -3.68. The monoisotopic (exact) mass is 443 g/mol. The van der Waals surface area contributed by atoms with E-state index in [-0.39, 0.29) is 31.6 Å². The number of thiol groups is 1. The Kier molecular flexibility index (Phi) is 10.3. The number of rotatable bonds is 13. The molecule has 0 aliphatic rings. The van der Waals surface area contributed by atoms with Crippen LogP contribution >= 0.6 is 12.6 Å². The van der Waals surface area contributed by atoms with Gasteiger partial charge in [0.15, 0.2) is 0 Å². The summed E-state index contributed by atoms with van der Waals surface area (Å²) >= 11 is 3.86. The molecule has 3 unspecified atom stereocenters. The zero-order chi connectivity index (χ0) is 22.7. The van der Waals surface area contributed by atoms with Gasteiger partial charge in [-0.05, 0) is 6.42 Å². The number of aromatic nitrogens is 2. The summed E-state index contributed by atoms with van der Waals surface area (Å²) in [6.45, 7) is -0.361. The van der Waals surface area contributed by atoms with Gasteiger partial charge in [0, 0.05) is 30.5 Å². The maximum atomic E-state index is 12.7. The van der Waals surface area contributed by atoms with Crippen molar-refractivity contribution in [3.63, 3.8) is 0 Å². The van der Waals surface area contributed by atoms with Gasteiger partial charge in [-0.25, -0.2) is 9.78 Å². The maximum absolute atomic E-state index is 12.7. The predicted molar refractivity (Wildman–Crippen MR) is 107 cm³/mol. The Morgan fingerprint density at radius 2 is 1.73 bits per heavy atom. The third kappa shape index (κ3) is 8.48. The number of aliphatic carboxylic acids is 1. The highest BCUT2D eigenvalue weighted by Crippen LogP contribution is 2.04. The Morgan fingerprint density at radius 1 is 1.10 bits per heavy atom. The largest absolute Gasteiger partial charge is 0.480 e. The minimum absolute atomic E-state index is 0.0239. The van der Waals surface area contributed by atoms with Crippen LogP contribution in [0.25, 0.3) is 0 Å². The number of hydrogen-bond donors (Lipinski definition) is 8. The van der Waals surface area contributed by atoms with Gasteiger partial charge in [-0.15, -0.1) is 0 Å². The fourth-order valence-corrected chi connectivity index (χ4v) is 2.61. The maximum Gasteiger partial charge on any atom is 0.327 e. The van der Waals surface area contributed by atoms with Crippen LogP contribution in [0.3, 0.4) is 0 Å². The topological polar surface area (TPSA) is 222 Å². The molecule has 0 fully saturated rings. The molecule has 13 nitrogen and oxygen atoms in total. The Labute approximate surface area is 177 Å². The number of hydrogen-bond acceptors (Lipinski definition) is 8. The first-order chi connectivity index (χ1) is 14.2. The first kappa shape index (κ1) is 24.9. The quantitative estimate of drug-likeness (QED) is 0.143. The van der Waals surface area contributed by atoms with Gasteiger partial charge < -0.3 is 37.5 Å². The third-order valence-corrected chi connectivity index (χ3v) is 4.29. The number of carboxylic acids is 1. The molecule has 1 heterocycles. The van der Waals surface area contributed by atoms with Crippen molar-refractivity contribution < 1.29 is 29.1 Å². The summed E-state index contributed by atoms with van der Waals surface area (Å²) in [7, 11) is 0. The van der Waals surface area contributed by atoms with Crippen LogP contribution < -0.4 is 27.4 Å². The predicted octanol–water partition coefficient (Wildman–Crippen LogP) is -3.35. The van der Waals surface area contributed by atoms with Gasteiger partial charge in [0.1, 0.15) is 18.1 Å². The number of nitrogens with zero attached hydrogens (tertiary/aromatic N) is 1. The van der Waals surface area contributed by atoms with Gasteiger partial charge in [-0.2, -0.15) is 12.6 Å². The smallest absolute Gasteiger partial charge is 0.327 e. The van der Waals surface area contributed by atoms with Crippen molar-refractivity contribution in [2.75, 3.05) is 12.3 Å². The first-order valence-corrected chi connectivity index (χ1v) is 9.50. The Balaban J connectivity index is 2.96. The van der Waals surface area contributed by atoms with Crippen LogP contribution in [0.1, 0.15) is 18.5 Å². The van der Waals surface area contributed by atoms with Gasteiger partial charge in [-0.1, -0.05) is 0 Å². The molecule has 4 amide bonds. The summed E-state index contributed by atoms with van der Waals surface area (Å²) in [4.78, 5) is 65.8. The molecule has 0 aromatic carbocycles. The highest BCUT2D eigenvalue weighted by Gasteiger charge is 2.29. The molecule has 3 atom stereocenters. The molecule has 1 aromatic heterocycles. The molecule has 9 N–H and O–H groups in total. The molecule has 0 spiro atoms. The number of nitrogens with two attached hydrogens (primary N) is 2. The lowest BCUT2D eigenvalue weighted by Crippen LogP contribution is -2.57. The van der Waals surface area contributed by atoms with E-state index in [1.807, 2.05) is 0 Å².